The first kappa shape index (κ1) is 18.9. The number of carbonyl (C=O) groups excluding carboxylic acids is 2. The quantitative estimate of drug-likeness (QED) is 0.578. The lowest BCUT2D eigenvalue weighted by Gasteiger charge is -2.28. The number of hydroxylamine groups is 1. The highest BCUT2D eigenvalue weighted by molar-refractivity contribution is 6.30. The smallest absolute Gasteiger partial charge is 0.266 e. The molecule has 0 spiro atoms. The predicted molar refractivity (Wildman–Crippen MR) is 115 cm³/mol. The summed E-state index contributed by atoms with van der Waals surface area (Å²) in [5.41, 5.74) is 3.20. The van der Waals surface area contributed by atoms with Gasteiger partial charge >= 0.3 is 0 Å². The molecule has 3 aromatic rings. The molecule has 2 aliphatic rings. The number of anilines is 2. The molecule has 0 unspecified atom stereocenters. The lowest BCUT2D eigenvalue weighted by atomic mass is 9.90. The van der Waals surface area contributed by atoms with Gasteiger partial charge in [0.2, 0.25) is 5.91 Å². The van der Waals surface area contributed by atoms with Gasteiger partial charge in [-0.1, -0.05) is 54.1 Å². The minimum Gasteiger partial charge on any atom is -0.273 e. The standard InChI is InChI=1S/C24H19ClN2O3/c1-15-6-5-9-19(14-15)26-23(28)20-21(16-10-12-17(25)13-11-16)27(30-22(20)24(26)29)18-7-3-2-4-8-18/h2-14,20-22H,1H3/t20-,21-,22+/m1/s1. The van der Waals surface area contributed by atoms with Crippen molar-refractivity contribution in [3.05, 3.63) is 95.0 Å². The molecule has 3 atom stereocenters. The topological polar surface area (TPSA) is 49.9 Å². The molecule has 5 nitrogen and oxygen atoms in total. The summed E-state index contributed by atoms with van der Waals surface area (Å²) in [6, 6.07) is 23.8. The van der Waals surface area contributed by atoms with E-state index in [9.17, 15) is 9.59 Å². The van der Waals surface area contributed by atoms with Gasteiger partial charge in [0, 0.05) is 5.02 Å². The summed E-state index contributed by atoms with van der Waals surface area (Å²) in [5.74, 6) is -1.25. The van der Waals surface area contributed by atoms with Crippen LogP contribution in [-0.2, 0) is 14.4 Å². The predicted octanol–water partition coefficient (Wildman–Crippen LogP) is 4.70. The van der Waals surface area contributed by atoms with Crippen LogP contribution in [0.15, 0.2) is 78.9 Å². The maximum Gasteiger partial charge on any atom is 0.266 e. The Bertz CT molecular complexity index is 1120. The molecule has 2 saturated heterocycles. The highest BCUT2D eigenvalue weighted by Gasteiger charge is 2.60. The molecule has 0 N–H and O–H groups in total. The Morgan fingerprint density at radius 1 is 0.833 bits per heavy atom. The van der Waals surface area contributed by atoms with Crippen molar-refractivity contribution in [1.82, 2.24) is 0 Å². The van der Waals surface area contributed by atoms with Gasteiger partial charge in [-0.15, -0.1) is 0 Å². The molecule has 150 valence electrons. The van der Waals surface area contributed by atoms with Crippen molar-refractivity contribution in [3.8, 4) is 0 Å². The third kappa shape index (κ3) is 2.98. The SMILES string of the molecule is Cc1cccc(N2C(=O)[C@H]3[C@H](ON(c4ccccc4)[C@@H]3c3ccc(Cl)cc3)C2=O)c1. The van der Waals surface area contributed by atoms with Crippen LogP contribution in [0.3, 0.4) is 0 Å². The Morgan fingerprint density at radius 3 is 2.23 bits per heavy atom. The van der Waals surface area contributed by atoms with E-state index >= 15 is 0 Å². The van der Waals surface area contributed by atoms with E-state index in [0.717, 1.165) is 16.8 Å². The number of para-hydroxylation sites is 1. The van der Waals surface area contributed by atoms with E-state index in [4.69, 9.17) is 16.4 Å². The minimum absolute atomic E-state index is 0.256. The Morgan fingerprint density at radius 2 is 1.53 bits per heavy atom. The fraction of sp³-hybridized carbons (Fsp3) is 0.167. The molecular weight excluding hydrogens is 400 g/mol. The Balaban J connectivity index is 1.59. The van der Waals surface area contributed by atoms with E-state index in [1.807, 2.05) is 67.6 Å². The van der Waals surface area contributed by atoms with Gasteiger partial charge in [-0.05, 0) is 54.4 Å². The molecule has 0 bridgehead atoms. The van der Waals surface area contributed by atoms with Crippen molar-refractivity contribution >= 4 is 34.8 Å². The van der Waals surface area contributed by atoms with Crippen molar-refractivity contribution in [2.24, 2.45) is 5.92 Å². The second-order valence-electron chi connectivity index (χ2n) is 7.56. The first-order chi connectivity index (χ1) is 14.5. The molecule has 2 fully saturated rings. The number of hydrogen-bond donors (Lipinski definition) is 0. The van der Waals surface area contributed by atoms with Gasteiger partial charge in [0.25, 0.3) is 5.91 Å². The largest absolute Gasteiger partial charge is 0.273 e. The average molecular weight is 419 g/mol. The number of benzene rings is 3. The first-order valence-electron chi connectivity index (χ1n) is 9.75. The van der Waals surface area contributed by atoms with Crippen LogP contribution in [0, 0.1) is 12.8 Å². The van der Waals surface area contributed by atoms with Crippen LogP contribution in [0.1, 0.15) is 17.2 Å². The fourth-order valence-electron chi connectivity index (χ4n) is 4.23. The lowest BCUT2D eigenvalue weighted by molar-refractivity contribution is -0.126. The third-order valence-corrected chi connectivity index (χ3v) is 5.85. The van der Waals surface area contributed by atoms with Gasteiger partial charge in [0.1, 0.15) is 5.92 Å². The second kappa shape index (κ2) is 7.27. The molecular formula is C24H19ClN2O3. The monoisotopic (exact) mass is 418 g/mol. The van der Waals surface area contributed by atoms with Crippen LogP contribution >= 0.6 is 11.6 Å². The van der Waals surface area contributed by atoms with Crippen molar-refractivity contribution in [1.29, 1.82) is 0 Å². The average Bonchev–Trinajstić information content (AvgIpc) is 3.26. The maximum absolute atomic E-state index is 13.5. The van der Waals surface area contributed by atoms with Crippen molar-refractivity contribution in [3.63, 3.8) is 0 Å². The molecule has 0 aromatic heterocycles. The highest BCUT2D eigenvalue weighted by Crippen LogP contribution is 2.47. The number of halogens is 1. The van der Waals surface area contributed by atoms with Gasteiger partial charge in [-0.25, -0.2) is 9.96 Å². The van der Waals surface area contributed by atoms with Crippen LogP contribution in [0.5, 0.6) is 0 Å². The lowest BCUT2D eigenvalue weighted by Crippen LogP contribution is -2.37. The molecule has 0 aliphatic carbocycles. The number of nitrogens with zero attached hydrogens (tertiary/aromatic N) is 2. The van der Waals surface area contributed by atoms with E-state index in [0.29, 0.717) is 10.7 Å². The van der Waals surface area contributed by atoms with Gasteiger partial charge in [-0.2, -0.15) is 0 Å². The van der Waals surface area contributed by atoms with Gasteiger partial charge in [0.05, 0.1) is 17.4 Å². The summed E-state index contributed by atoms with van der Waals surface area (Å²) in [5, 5.41) is 2.29. The van der Waals surface area contributed by atoms with Gasteiger partial charge in [-0.3, -0.25) is 14.4 Å². The zero-order chi connectivity index (χ0) is 20.8. The number of amides is 2. The first-order valence-corrected chi connectivity index (χ1v) is 10.1. The number of imide groups is 1. The van der Waals surface area contributed by atoms with E-state index in [-0.39, 0.29) is 11.8 Å². The van der Waals surface area contributed by atoms with Gasteiger partial charge < -0.3 is 0 Å². The molecule has 0 saturated carbocycles. The van der Waals surface area contributed by atoms with E-state index in [1.54, 1.807) is 23.3 Å². The molecule has 2 heterocycles. The van der Waals surface area contributed by atoms with E-state index in [2.05, 4.69) is 0 Å². The summed E-state index contributed by atoms with van der Waals surface area (Å²) >= 11 is 6.08. The van der Waals surface area contributed by atoms with Crippen LogP contribution in [-0.4, -0.2) is 17.9 Å². The summed E-state index contributed by atoms with van der Waals surface area (Å²) in [7, 11) is 0. The molecule has 6 heteroatoms. The van der Waals surface area contributed by atoms with Crippen LogP contribution in [0.4, 0.5) is 11.4 Å². The zero-order valence-electron chi connectivity index (χ0n) is 16.2. The summed E-state index contributed by atoms with van der Waals surface area (Å²) in [6.07, 6.45) is -0.876. The number of hydrogen-bond acceptors (Lipinski definition) is 4. The Kier molecular flexibility index (Phi) is 4.57. The fourth-order valence-corrected chi connectivity index (χ4v) is 4.36. The molecule has 0 radical (unpaired) electrons. The van der Waals surface area contributed by atoms with Crippen LogP contribution in [0.2, 0.25) is 5.02 Å². The van der Waals surface area contributed by atoms with E-state index < -0.39 is 18.1 Å². The van der Waals surface area contributed by atoms with Crippen molar-refractivity contribution in [2.75, 3.05) is 9.96 Å². The number of aryl methyl sites for hydroxylation is 1. The van der Waals surface area contributed by atoms with Crippen LogP contribution < -0.4 is 9.96 Å². The minimum atomic E-state index is -0.876. The number of carbonyl (C=O) groups is 2. The molecule has 30 heavy (non-hydrogen) atoms. The Hall–Kier alpha value is -3.15. The summed E-state index contributed by atoms with van der Waals surface area (Å²) in [4.78, 5) is 34.1. The van der Waals surface area contributed by atoms with Gasteiger partial charge in [0.15, 0.2) is 6.10 Å². The molecule has 2 aliphatic heterocycles. The normalized spacial score (nSPS) is 23.2. The van der Waals surface area contributed by atoms with Crippen molar-refractivity contribution in [2.45, 2.75) is 19.1 Å². The molecule has 3 aromatic carbocycles. The van der Waals surface area contributed by atoms with Crippen LogP contribution in [0.25, 0.3) is 0 Å². The van der Waals surface area contributed by atoms with E-state index in [1.165, 1.54) is 4.90 Å². The summed E-state index contributed by atoms with van der Waals surface area (Å²) < 4.78 is 0. The molecule has 5 rings (SSSR count). The molecule has 2 amide bonds. The third-order valence-electron chi connectivity index (χ3n) is 5.60. The Labute approximate surface area is 179 Å². The second-order valence-corrected chi connectivity index (χ2v) is 8.00. The van der Waals surface area contributed by atoms with Crippen molar-refractivity contribution < 1.29 is 14.4 Å². The maximum atomic E-state index is 13.5. The summed E-state index contributed by atoms with van der Waals surface area (Å²) in [6.45, 7) is 1.93. The number of fused-ring (bicyclic) bond motifs is 1. The highest BCUT2D eigenvalue weighted by atomic mass is 35.5. The zero-order valence-corrected chi connectivity index (χ0v) is 17.0. The number of rotatable bonds is 3.